The molecule has 7 N–H and O–H groups in total. The van der Waals surface area contributed by atoms with E-state index >= 15 is 0 Å². The minimum Gasteiger partial charge on any atom is -0.513 e. The van der Waals surface area contributed by atoms with Gasteiger partial charge in [0.2, 0.25) is 5.91 Å². The van der Waals surface area contributed by atoms with Crippen molar-refractivity contribution in [2.45, 2.75) is 61.7 Å². The monoisotopic (exact) mass is 767 g/mol. The van der Waals surface area contributed by atoms with Crippen LogP contribution in [-0.2, 0) is 23.7 Å². The van der Waals surface area contributed by atoms with Gasteiger partial charge < -0.3 is 64.4 Å². The number of methoxy groups -OCH3 is 2. The quantitative estimate of drug-likeness (QED) is 0.0842. The Morgan fingerprint density at radius 3 is 2.51 bits per heavy atom. The number of nitrogens with one attached hydrogen (secondary N) is 1. The number of phenols is 2. The van der Waals surface area contributed by atoms with Crippen molar-refractivity contribution in [3.05, 3.63) is 95.0 Å². The summed E-state index contributed by atoms with van der Waals surface area (Å²) < 4.78 is 49.4. The molecule has 0 bridgehead atoms. The van der Waals surface area contributed by atoms with Crippen molar-refractivity contribution in [3.63, 3.8) is 0 Å². The first-order chi connectivity index (χ1) is 26.3. The number of halogens is 1. The van der Waals surface area contributed by atoms with E-state index in [0.29, 0.717) is 29.0 Å². The first kappa shape index (κ1) is 39.5. The lowest BCUT2D eigenvalue weighted by atomic mass is 9.83. The van der Waals surface area contributed by atoms with Crippen molar-refractivity contribution in [1.82, 2.24) is 0 Å². The number of phenolic OH excluding ortho intramolecular Hbond substituents is 2. The van der Waals surface area contributed by atoms with E-state index in [2.05, 4.69) is 5.32 Å². The number of carbonyl (C=O) groups is 2. The van der Waals surface area contributed by atoms with Gasteiger partial charge in [-0.2, -0.15) is 0 Å². The Bertz CT molecular complexity index is 1950. The highest BCUT2D eigenvalue weighted by atomic mass is 19.1. The van der Waals surface area contributed by atoms with Crippen LogP contribution in [0.1, 0.15) is 46.9 Å². The van der Waals surface area contributed by atoms with Crippen LogP contribution in [0.2, 0.25) is 0 Å². The van der Waals surface area contributed by atoms with E-state index in [1.54, 1.807) is 18.2 Å². The van der Waals surface area contributed by atoms with Crippen LogP contribution in [0.4, 0.5) is 10.1 Å². The number of ether oxygens (including phenoxy) is 6. The molecular formula is C39H42FNO14. The maximum Gasteiger partial charge on any atom is 0.338 e. The normalized spacial score (nSPS) is 27.8. The SMILES string of the molecule is COc1ccc(/C=C/C(=O)Nc2cc(C(=O)O[C@H]3CC4C(OC5OCC(O)(CO)C5O)C=C(O)CCC4O[C@@H]3c3ccc(O)c(O)c3)ccc2F)cc1OC. The lowest BCUT2D eigenvalue weighted by molar-refractivity contribution is -0.218. The molecule has 3 aliphatic rings. The number of rotatable bonds is 11. The fraction of sp³-hybridized carbons (Fsp3) is 0.385. The smallest absolute Gasteiger partial charge is 0.338 e. The topological polar surface area (TPSA) is 223 Å². The Labute approximate surface area is 314 Å². The molecule has 2 saturated heterocycles. The maximum absolute atomic E-state index is 14.9. The van der Waals surface area contributed by atoms with Gasteiger partial charge in [-0.15, -0.1) is 0 Å². The molecule has 1 amide bonds. The van der Waals surface area contributed by atoms with Gasteiger partial charge in [-0.1, -0.05) is 12.1 Å². The average molecular weight is 768 g/mol. The van der Waals surface area contributed by atoms with Gasteiger partial charge in [-0.25, -0.2) is 9.18 Å². The van der Waals surface area contributed by atoms with Gasteiger partial charge in [0, 0.05) is 18.4 Å². The fourth-order valence-corrected chi connectivity index (χ4v) is 6.82. The summed E-state index contributed by atoms with van der Waals surface area (Å²) in [4.78, 5) is 26.5. The number of carbonyl (C=O) groups excluding carboxylic acids is 2. The molecule has 55 heavy (non-hydrogen) atoms. The van der Waals surface area contributed by atoms with Gasteiger partial charge >= 0.3 is 5.97 Å². The van der Waals surface area contributed by atoms with Crippen LogP contribution in [0.3, 0.4) is 0 Å². The zero-order chi connectivity index (χ0) is 39.4. The standard InChI is InChI=1S/C39H42FNO14/c1-50-30-10-3-20(13-32(30)51-2)4-12-34(46)41-26-14-22(5-8-25(26)40)37(48)54-33-17-24-29(53-35(33)21-6-9-27(44)28(45)15-21)11-7-23(43)16-31(24)55-38-36(47)39(49,18-42)19-52-38/h3-6,8-10,12-16,24,29,31,33,35-36,38,42-45,47,49H,7,11,17-19H2,1-2H3,(H,41,46)/b12-4+/t24?,29?,31?,33-,35+,36?,38?,39?/m0/s1. The molecule has 3 aromatic rings. The third kappa shape index (κ3) is 8.69. The van der Waals surface area contributed by atoms with E-state index in [0.717, 1.165) is 12.1 Å². The van der Waals surface area contributed by atoms with Gasteiger partial charge in [0.1, 0.15) is 29.7 Å². The van der Waals surface area contributed by atoms with E-state index < -0.39 is 85.0 Å². The Morgan fingerprint density at radius 2 is 1.80 bits per heavy atom. The van der Waals surface area contributed by atoms with Gasteiger partial charge in [-0.05, 0) is 78.6 Å². The predicted molar refractivity (Wildman–Crippen MR) is 191 cm³/mol. The van der Waals surface area contributed by atoms with E-state index in [-0.39, 0.29) is 35.6 Å². The summed E-state index contributed by atoms with van der Waals surface area (Å²) in [5.41, 5.74) is -1.44. The van der Waals surface area contributed by atoms with Gasteiger partial charge in [0.25, 0.3) is 0 Å². The molecule has 6 unspecified atom stereocenters. The number of esters is 1. The van der Waals surface area contributed by atoms with Crippen molar-refractivity contribution >= 4 is 23.6 Å². The van der Waals surface area contributed by atoms with E-state index in [4.69, 9.17) is 28.4 Å². The highest BCUT2D eigenvalue weighted by molar-refractivity contribution is 6.02. The highest BCUT2D eigenvalue weighted by Crippen LogP contribution is 2.45. The summed E-state index contributed by atoms with van der Waals surface area (Å²) in [7, 11) is 2.96. The van der Waals surface area contributed by atoms with Crippen molar-refractivity contribution in [3.8, 4) is 23.0 Å². The fourth-order valence-electron chi connectivity index (χ4n) is 6.82. The molecule has 294 valence electrons. The van der Waals surface area contributed by atoms with Crippen molar-refractivity contribution in [2.75, 3.05) is 32.8 Å². The van der Waals surface area contributed by atoms with Crippen LogP contribution in [0.25, 0.3) is 6.08 Å². The lowest BCUT2D eigenvalue weighted by Crippen LogP contribution is -2.50. The third-order valence-electron chi connectivity index (χ3n) is 9.86. The van der Waals surface area contributed by atoms with Gasteiger partial charge in [-0.3, -0.25) is 4.79 Å². The second-order valence-corrected chi connectivity index (χ2v) is 13.5. The molecule has 2 aliphatic heterocycles. The van der Waals surface area contributed by atoms with Crippen LogP contribution in [0, 0.1) is 11.7 Å². The molecule has 15 nitrogen and oxygen atoms in total. The number of hydrogen-bond donors (Lipinski definition) is 7. The van der Waals surface area contributed by atoms with Crippen LogP contribution >= 0.6 is 0 Å². The Balaban J connectivity index is 1.23. The van der Waals surface area contributed by atoms with Gasteiger partial charge in [0.05, 0.1) is 56.7 Å². The zero-order valence-corrected chi connectivity index (χ0v) is 29.8. The van der Waals surface area contributed by atoms with E-state index in [9.17, 15) is 44.6 Å². The van der Waals surface area contributed by atoms with Crippen LogP contribution in [-0.4, -0.2) is 106 Å². The van der Waals surface area contributed by atoms with Crippen LogP contribution < -0.4 is 14.8 Å². The van der Waals surface area contributed by atoms with Crippen molar-refractivity contribution in [1.29, 1.82) is 0 Å². The van der Waals surface area contributed by atoms with Crippen molar-refractivity contribution < 1.29 is 73.0 Å². The molecule has 2 fully saturated rings. The second-order valence-electron chi connectivity index (χ2n) is 13.5. The number of benzene rings is 3. The molecule has 2 heterocycles. The summed E-state index contributed by atoms with van der Waals surface area (Å²) in [6.07, 6.45) is -2.18. The first-order valence-electron chi connectivity index (χ1n) is 17.4. The largest absolute Gasteiger partial charge is 0.513 e. The third-order valence-corrected chi connectivity index (χ3v) is 9.86. The Kier molecular flexibility index (Phi) is 11.9. The average Bonchev–Trinajstić information content (AvgIpc) is 3.36. The second kappa shape index (κ2) is 16.6. The molecule has 16 heteroatoms. The number of anilines is 1. The summed E-state index contributed by atoms with van der Waals surface area (Å²) >= 11 is 0. The predicted octanol–water partition coefficient (Wildman–Crippen LogP) is 3.64. The number of fused-ring (bicyclic) bond motifs is 1. The van der Waals surface area contributed by atoms with E-state index in [1.165, 1.54) is 56.7 Å². The number of amides is 1. The Hall–Kier alpha value is -5.23. The zero-order valence-electron chi connectivity index (χ0n) is 29.8. The highest BCUT2D eigenvalue weighted by Gasteiger charge is 2.51. The molecule has 0 spiro atoms. The Morgan fingerprint density at radius 1 is 1.02 bits per heavy atom. The molecule has 1 aliphatic carbocycles. The van der Waals surface area contributed by atoms with Crippen molar-refractivity contribution in [2.24, 2.45) is 5.92 Å². The minimum absolute atomic E-state index is 0.0377. The van der Waals surface area contributed by atoms with Gasteiger partial charge in [0.15, 0.2) is 29.3 Å². The molecule has 8 atom stereocenters. The molecule has 0 saturated carbocycles. The summed E-state index contributed by atoms with van der Waals surface area (Å²) in [6, 6.07) is 12.3. The maximum atomic E-state index is 14.9. The minimum atomic E-state index is -1.97. The molecule has 0 radical (unpaired) electrons. The molecule has 3 aromatic carbocycles. The van der Waals surface area contributed by atoms with Crippen LogP contribution in [0.5, 0.6) is 23.0 Å². The number of hydrogen-bond acceptors (Lipinski definition) is 14. The summed E-state index contributed by atoms with van der Waals surface area (Å²) in [6.45, 7) is -1.21. The number of aromatic hydroxyl groups is 2. The van der Waals surface area contributed by atoms with Crippen LogP contribution in [0.15, 0.2) is 72.5 Å². The number of allylic oxidation sites excluding steroid dienone is 1. The molecular weight excluding hydrogens is 725 g/mol. The lowest BCUT2D eigenvalue weighted by Gasteiger charge is -2.43. The van der Waals surface area contributed by atoms with E-state index in [1.807, 2.05) is 0 Å². The molecule has 0 aromatic heterocycles. The number of aliphatic hydroxyl groups is 4. The molecule has 6 rings (SSSR count). The first-order valence-corrected chi connectivity index (χ1v) is 17.4. The summed E-state index contributed by atoms with van der Waals surface area (Å²) in [5, 5.41) is 64.2. The number of aliphatic hydroxyl groups excluding tert-OH is 3. The summed E-state index contributed by atoms with van der Waals surface area (Å²) in [5.74, 6) is -3.00.